The molecule has 0 radical (unpaired) electrons. The fourth-order valence-corrected chi connectivity index (χ4v) is 3.13. The van der Waals surface area contributed by atoms with Crippen LogP contribution in [0.4, 0.5) is 0 Å². The van der Waals surface area contributed by atoms with Gasteiger partial charge in [-0.2, -0.15) is 0 Å². The van der Waals surface area contributed by atoms with Crippen LogP contribution in [-0.4, -0.2) is 37.0 Å². The summed E-state index contributed by atoms with van der Waals surface area (Å²) in [5.41, 5.74) is 2.64. The molecule has 0 atom stereocenters. The van der Waals surface area contributed by atoms with E-state index < -0.39 is 0 Å². The van der Waals surface area contributed by atoms with Crippen LogP contribution < -0.4 is 5.32 Å². The molecule has 0 bridgehead atoms. The molecule has 0 saturated carbocycles. The van der Waals surface area contributed by atoms with Crippen LogP contribution in [0, 0.1) is 13.8 Å². The molecular formula is C28H40N2O. The molecule has 1 aliphatic heterocycles. The molecule has 3 aromatic rings. The third kappa shape index (κ3) is 12.0. The van der Waals surface area contributed by atoms with Gasteiger partial charge in [0.25, 0.3) is 0 Å². The maximum absolute atomic E-state index is 10.6. The monoisotopic (exact) mass is 420 g/mol. The van der Waals surface area contributed by atoms with Gasteiger partial charge in [0.2, 0.25) is 5.91 Å². The summed E-state index contributed by atoms with van der Waals surface area (Å²) in [5.74, 6) is 0.225. The Balaban J connectivity index is 0.000000216. The third-order valence-corrected chi connectivity index (χ3v) is 4.90. The second-order valence-electron chi connectivity index (χ2n) is 7.68. The number of carbonyl (C=O) groups excluding carboxylic acids is 1. The molecule has 1 amide bonds. The summed E-state index contributed by atoms with van der Waals surface area (Å²) in [6, 6.07) is 25.2. The molecule has 0 aromatic heterocycles. The molecule has 1 aliphatic rings. The summed E-state index contributed by atoms with van der Waals surface area (Å²) in [6.45, 7) is 14.2. The van der Waals surface area contributed by atoms with Gasteiger partial charge >= 0.3 is 0 Å². The zero-order valence-corrected chi connectivity index (χ0v) is 20.0. The van der Waals surface area contributed by atoms with E-state index in [0.29, 0.717) is 0 Å². The minimum atomic E-state index is 0.225. The van der Waals surface area contributed by atoms with Gasteiger partial charge < -0.3 is 10.2 Å². The summed E-state index contributed by atoms with van der Waals surface area (Å²) in [5, 5.41) is 5.76. The molecule has 31 heavy (non-hydrogen) atoms. The first kappa shape index (κ1) is 26.4. The first-order chi connectivity index (χ1) is 15.0. The maximum atomic E-state index is 10.6. The van der Waals surface area contributed by atoms with Crippen molar-refractivity contribution in [2.75, 3.05) is 26.2 Å². The van der Waals surface area contributed by atoms with Gasteiger partial charge in [0, 0.05) is 20.0 Å². The van der Waals surface area contributed by atoms with Crippen molar-refractivity contribution in [2.24, 2.45) is 0 Å². The number of nitrogens with one attached hydrogen (secondary N) is 1. The van der Waals surface area contributed by atoms with E-state index in [4.69, 9.17) is 0 Å². The quantitative estimate of drug-likeness (QED) is 0.521. The first-order valence-corrected chi connectivity index (χ1v) is 11.4. The summed E-state index contributed by atoms with van der Waals surface area (Å²) in [6.07, 6.45) is 2.39. The number of carbonyl (C=O) groups is 1. The predicted molar refractivity (Wildman–Crippen MR) is 136 cm³/mol. The number of nitrogens with zero attached hydrogens (tertiary/aromatic N) is 1. The number of fused-ring (bicyclic) bond motifs is 1. The number of aryl methyl sites for hydroxylation is 2. The molecule has 0 spiro atoms. The van der Waals surface area contributed by atoms with Crippen molar-refractivity contribution >= 4 is 16.7 Å². The summed E-state index contributed by atoms with van der Waals surface area (Å²) < 4.78 is 0. The van der Waals surface area contributed by atoms with Gasteiger partial charge in [-0.05, 0) is 50.6 Å². The predicted octanol–water partition coefficient (Wildman–Crippen LogP) is 6.39. The molecule has 1 fully saturated rings. The lowest BCUT2D eigenvalue weighted by atomic mass is 10.1. The van der Waals surface area contributed by atoms with E-state index in [-0.39, 0.29) is 5.91 Å². The van der Waals surface area contributed by atoms with Crippen LogP contribution in [0.5, 0.6) is 0 Å². The summed E-state index contributed by atoms with van der Waals surface area (Å²) in [4.78, 5) is 12.5. The van der Waals surface area contributed by atoms with Crippen molar-refractivity contribution in [3.63, 3.8) is 0 Å². The highest BCUT2D eigenvalue weighted by Gasteiger charge is 2.12. The van der Waals surface area contributed by atoms with E-state index in [1.165, 1.54) is 34.7 Å². The Morgan fingerprint density at radius 1 is 0.774 bits per heavy atom. The number of likely N-dealkylation sites (tertiary alicyclic amines) is 1. The summed E-state index contributed by atoms with van der Waals surface area (Å²) in [7, 11) is 0. The van der Waals surface area contributed by atoms with Crippen LogP contribution in [0.25, 0.3) is 10.8 Å². The van der Waals surface area contributed by atoms with Gasteiger partial charge in [0.15, 0.2) is 0 Å². The van der Waals surface area contributed by atoms with Gasteiger partial charge in [-0.3, -0.25) is 4.79 Å². The second-order valence-corrected chi connectivity index (χ2v) is 7.68. The largest absolute Gasteiger partial charge is 0.343 e. The summed E-state index contributed by atoms with van der Waals surface area (Å²) >= 11 is 0. The molecular weight excluding hydrogens is 380 g/mol. The lowest BCUT2D eigenvalue weighted by Crippen LogP contribution is -2.24. The minimum Gasteiger partial charge on any atom is -0.343 e. The molecule has 1 saturated heterocycles. The highest BCUT2D eigenvalue weighted by molar-refractivity contribution is 5.82. The zero-order valence-electron chi connectivity index (χ0n) is 20.0. The Hall–Kier alpha value is -2.65. The van der Waals surface area contributed by atoms with E-state index in [9.17, 15) is 4.79 Å². The van der Waals surface area contributed by atoms with Crippen molar-refractivity contribution < 1.29 is 4.79 Å². The van der Waals surface area contributed by atoms with Gasteiger partial charge in [-0.15, -0.1) is 0 Å². The lowest BCUT2D eigenvalue weighted by Gasteiger charge is -2.10. The minimum absolute atomic E-state index is 0.225. The van der Waals surface area contributed by atoms with Crippen molar-refractivity contribution in [3.8, 4) is 0 Å². The van der Waals surface area contributed by atoms with Crippen LogP contribution in [-0.2, 0) is 4.79 Å². The number of hydrogen-bond donors (Lipinski definition) is 1. The third-order valence-electron chi connectivity index (χ3n) is 4.90. The van der Waals surface area contributed by atoms with E-state index in [2.05, 4.69) is 87.6 Å². The number of benzene rings is 3. The Labute approximate surface area is 189 Å². The van der Waals surface area contributed by atoms with Crippen LogP contribution in [0.15, 0.2) is 72.8 Å². The molecule has 1 N–H and O–H groups in total. The fraction of sp³-hybridized carbons (Fsp3) is 0.393. The Kier molecular flexibility index (Phi) is 13.7. The van der Waals surface area contributed by atoms with Gasteiger partial charge in [-0.25, -0.2) is 0 Å². The molecule has 0 unspecified atom stereocenters. The van der Waals surface area contributed by atoms with Gasteiger partial charge in [-0.1, -0.05) is 97.8 Å². The number of rotatable bonds is 2. The SMILES string of the molecule is CC(=O)N1CCCC1.CCNCC.Cc1ccc2ccccc2c1.Cc1ccccc1. The highest BCUT2D eigenvalue weighted by atomic mass is 16.2. The zero-order chi connectivity index (χ0) is 22.9. The fourth-order valence-electron chi connectivity index (χ4n) is 3.13. The van der Waals surface area contributed by atoms with E-state index in [0.717, 1.165) is 26.2 Å². The van der Waals surface area contributed by atoms with Crippen molar-refractivity contribution in [2.45, 2.75) is 47.5 Å². The highest BCUT2D eigenvalue weighted by Crippen LogP contribution is 2.14. The van der Waals surface area contributed by atoms with Crippen LogP contribution in [0.3, 0.4) is 0 Å². The Morgan fingerprint density at radius 2 is 1.32 bits per heavy atom. The molecule has 4 rings (SSSR count). The van der Waals surface area contributed by atoms with Crippen LogP contribution in [0.1, 0.15) is 44.7 Å². The first-order valence-electron chi connectivity index (χ1n) is 11.4. The molecule has 0 aliphatic carbocycles. The van der Waals surface area contributed by atoms with Crippen molar-refractivity contribution in [1.29, 1.82) is 0 Å². The number of hydrogen-bond acceptors (Lipinski definition) is 2. The lowest BCUT2D eigenvalue weighted by molar-refractivity contribution is -0.127. The standard InChI is InChI=1S/C11H10.C7H8.C6H11NO.C4H11N/c1-9-6-7-10-4-2-3-5-11(10)8-9;1-7-5-3-2-4-6-7;1-6(8)7-4-2-3-5-7;1-3-5-4-2/h2-8H,1H3;2-6H,1H3;2-5H2,1H3;5H,3-4H2,1-2H3. The van der Waals surface area contributed by atoms with Crippen molar-refractivity contribution in [1.82, 2.24) is 10.2 Å². The van der Waals surface area contributed by atoms with Gasteiger partial charge in [0.1, 0.15) is 0 Å². The maximum Gasteiger partial charge on any atom is 0.219 e. The molecule has 168 valence electrons. The van der Waals surface area contributed by atoms with E-state index in [1.54, 1.807) is 6.92 Å². The van der Waals surface area contributed by atoms with E-state index in [1.807, 2.05) is 23.1 Å². The molecule has 3 aromatic carbocycles. The molecule has 3 heteroatoms. The smallest absolute Gasteiger partial charge is 0.219 e. The Morgan fingerprint density at radius 3 is 1.74 bits per heavy atom. The normalized spacial score (nSPS) is 12.0. The average molecular weight is 421 g/mol. The molecule has 1 heterocycles. The van der Waals surface area contributed by atoms with Crippen LogP contribution in [0.2, 0.25) is 0 Å². The topological polar surface area (TPSA) is 32.3 Å². The van der Waals surface area contributed by atoms with E-state index >= 15 is 0 Å². The average Bonchev–Trinajstić information content (AvgIpc) is 3.32. The second kappa shape index (κ2) is 16.1. The number of amides is 1. The Bertz CT molecular complexity index is 853. The van der Waals surface area contributed by atoms with Crippen molar-refractivity contribution in [3.05, 3.63) is 83.9 Å². The molecule has 3 nitrogen and oxygen atoms in total. The van der Waals surface area contributed by atoms with Crippen LogP contribution >= 0.6 is 0 Å². The van der Waals surface area contributed by atoms with Gasteiger partial charge in [0.05, 0.1) is 0 Å².